The second kappa shape index (κ2) is 10.2. The maximum Gasteiger partial charge on any atom is 0.307 e. The Morgan fingerprint density at radius 3 is 2.70 bits per heavy atom. The van der Waals surface area contributed by atoms with Gasteiger partial charge >= 0.3 is 5.97 Å². The number of ether oxygens (including phenoxy) is 1. The molecule has 4 nitrogen and oxygen atoms in total. The van der Waals surface area contributed by atoms with Gasteiger partial charge in [0.15, 0.2) is 0 Å². The van der Waals surface area contributed by atoms with Gasteiger partial charge in [0.25, 0.3) is 0 Å². The van der Waals surface area contributed by atoms with Gasteiger partial charge in [-0.25, -0.2) is 0 Å². The van der Waals surface area contributed by atoms with Crippen LogP contribution in [0.5, 0.6) is 0 Å². The third kappa shape index (κ3) is 7.25. The summed E-state index contributed by atoms with van der Waals surface area (Å²) in [5.74, 6) is -0.105. The van der Waals surface area contributed by atoms with Crippen molar-refractivity contribution in [3.63, 3.8) is 0 Å². The van der Waals surface area contributed by atoms with E-state index in [-0.39, 0.29) is 12.0 Å². The Hall–Kier alpha value is -0.610. The molecule has 4 heteroatoms. The van der Waals surface area contributed by atoms with Gasteiger partial charge in [-0.15, -0.1) is 0 Å². The molecular formula is C16H32N2O2. The van der Waals surface area contributed by atoms with E-state index in [4.69, 9.17) is 4.74 Å². The van der Waals surface area contributed by atoms with Crippen LogP contribution >= 0.6 is 0 Å². The molecule has 1 fully saturated rings. The lowest BCUT2D eigenvalue weighted by Gasteiger charge is -2.31. The maximum atomic E-state index is 11.3. The smallest absolute Gasteiger partial charge is 0.307 e. The molecule has 0 aromatic heterocycles. The molecule has 0 radical (unpaired) electrons. The zero-order valence-corrected chi connectivity index (χ0v) is 13.5. The van der Waals surface area contributed by atoms with Crippen molar-refractivity contribution < 1.29 is 9.53 Å². The van der Waals surface area contributed by atoms with Crippen LogP contribution in [0.1, 0.15) is 58.8 Å². The summed E-state index contributed by atoms with van der Waals surface area (Å²) in [6.45, 7) is 6.47. The first-order chi connectivity index (χ1) is 9.63. The van der Waals surface area contributed by atoms with Gasteiger partial charge in [-0.2, -0.15) is 0 Å². The Morgan fingerprint density at radius 1 is 1.35 bits per heavy atom. The first kappa shape index (κ1) is 17.4. The van der Waals surface area contributed by atoms with Gasteiger partial charge in [-0.05, 0) is 53.2 Å². The minimum Gasteiger partial charge on any atom is -0.466 e. The SMILES string of the molecule is CCOC(=O)CC(C)NCCCN(C)C1CCCCC1. The molecule has 118 valence electrons. The predicted molar refractivity (Wildman–Crippen MR) is 82.8 cm³/mol. The number of nitrogens with zero attached hydrogens (tertiary/aromatic N) is 1. The van der Waals surface area contributed by atoms with Crippen molar-refractivity contribution in [1.82, 2.24) is 10.2 Å². The van der Waals surface area contributed by atoms with Crippen LogP contribution in [0.2, 0.25) is 0 Å². The van der Waals surface area contributed by atoms with E-state index in [9.17, 15) is 4.79 Å². The molecule has 1 aliphatic carbocycles. The van der Waals surface area contributed by atoms with Crippen molar-refractivity contribution in [2.45, 2.75) is 70.9 Å². The Labute approximate surface area is 124 Å². The molecule has 1 unspecified atom stereocenters. The van der Waals surface area contributed by atoms with Gasteiger partial charge in [0.1, 0.15) is 0 Å². The Balaban J connectivity index is 2.04. The molecule has 1 saturated carbocycles. The van der Waals surface area contributed by atoms with E-state index >= 15 is 0 Å². The molecule has 0 aromatic carbocycles. The maximum absolute atomic E-state index is 11.3. The van der Waals surface area contributed by atoms with Crippen LogP contribution in [0.15, 0.2) is 0 Å². The normalized spacial score (nSPS) is 18.2. The molecule has 0 aromatic rings. The monoisotopic (exact) mass is 284 g/mol. The highest BCUT2D eigenvalue weighted by Gasteiger charge is 2.17. The van der Waals surface area contributed by atoms with E-state index in [1.807, 2.05) is 13.8 Å². The second-order valence-corrected chi connectivity index (χ2v) is 5.99. The van der Waals surface area contributed by atoms with Crippen LogP contribution in [-0.2, 0) is 9.53 Å². The summed E-state index contributed by atoms with van der Waals surface area (Å²) < 4.78 is 4.95. The molecule has 1 rings (SSSR count). The lowest BCUT2D eigenvalue weighted by Crippen LogP contribution is -2.36. The number of hydrogen-bond donors (Lipinski definition) is 1. The first-order valence-electron chi connectivity index (χ1n) is 8.22. The van der Waals surface area contributed by atoms with E-state index in [1.165, 1.54) is 32.1 Å². The zero-order valence-electron chi connectivity index (χ0n) is 13.5. The number of carbonyl (C=O) groups excluding carboxylic acids is 1. The van der Waals surface area contributed by atoms with E-state index in [1.54, 1.807) is 0 Å². The van der Waals surface area contributed by atoms with Crippen LogP contribution in [0.4, 0.5) is 0 Å². The highest BCUT2D eigenvalue weighted by atomic mass is 16.5. The van der Waals surface area contributed by atoms with Crippen LogP contribution in [-0.4, -0.2) is 49.7 Å². The molecule has 1 N–H and O–H groups in total. The highest BCUT2D eigenvalue weighted by molar-refractivity contribution is 5.69. The van der Waals surface area contributed by atoms with E-state index in [0.717, 1.165) is 25.6 Å². The van der Waals surface area contributed by atoms with Crippen molar-refractivity contribution in [2.75, 3.05) is 26.7 Å². The molecule has 0 spiro atoms. The molecule has 0 heterocycles. The van der Waals surface area contributed by atoms with Crippen LogP contribution in [0.3, 0.4) is 0 Å². The van der Waals surface area contributed by atoms with Gasteiger partial charge in [0.2, 0.25) is 0 Å². The second-order valence-electron chi connectivity index (χ2n) is 5.99. The van der Waals surface area contributed by atoms with Gasteiger partial charge < -0.3 is 15.0 Å². The third-order valence-corrected chi connectivity index (χ3v) is 4.16. The predicted octanol–water partition coefficient (Wildman–Crippen LogP) is 2.57. The fourth-order valence-corrected chi connectivity index (χ4v) is 2.92. The number of esters is 1. The molecule has 0 saturated heterocycles. The Morgan fingerprint density at radius 2 is 2.05 bits per heavy atom. The van der Waals surface area contributed by atoms with Crippen molar-refractivity contribution in [3.8, 4) is 0 Å². The average molecular weight is 284 g/mol. The molecule has 0 bridgehead atoms. The fourth-order valence-electron chi connectivity index (χ4n) is 2.92. The van der Waals surface area contributed by atoms with Crippen molar-refractivity contribution >= 4 is 5.97 Å². The van der Waals surface area contributed by atoms with Crippen LogP contribution in [0.25, 0.3) is 0 Å². The minimum absolute atomic E-state index is 0.105. The summed E-state index contributed by atoms with van der Waals surface area (Å²) >= 11 is 0. The fraction of sp³-hybridized carbons (Fsp3) is 0.938. The summed E-state index contributed by atoms with van der Waals surface area (Å²) in [6.07, 6.45) is 8.53. The summed E-state index contributed by atoms with van der Waals surface area (Å²) in [7, 11) is 2.25. The van der Waals surface area contributed by atoms with Gasteiger partial charge in [-0.3, -0.25) is 4.79 Å². The number of carbonyl (C=O) groups is 1. The molecule has 0 amide bonds. The summed E-state index contributed by atoms with van der Waals surface area (Å²) in [6, 6.07) is 0.995. The molecule has 20 heavy (non-hydrogen) atoms. The number of nitrogens with one attached hydrogen (secondary N) is 1. The molecular weight excluding hydrogens is 252 g/mol. The number of hydrogen-bond acceptors (Lipinski definition) is 4. The molecule has 1 aliphatic rings. The molecule has 0 aliphatic heterocycles. The third-order valence-electron chi connectivity index (χ3n) is 4.16. The topological polar surface area (TPSA) is 41.6 Å². The summed E-state index contributed by atoms with van der Waals surface area (Å²) in [5, 5.41) is 3.40. The van der Waals surface area contributed by atoms with E-state index in [2.05, 4.69) is 17.3 Å². The van der Waals surface area contributed by atoms with Crippen molar-refractivity contribution in [1.29, 1.82) is 0 Å². The highest BCUT2D eigenvalue weighted by Crippen LogP contribution is 2.21. The van der Waals surface area contributed by atoms with Crippen LogP contribution in [0, 0.1) is 0 Å². The first-order valence-corrected chi connectivity index (χ1v) is 8.22. The average Bonchev–Trinajstić information content (AvgIpc) is 2.44. The van der Waals surface area contributed by atoms with Crippen molar-refractivity contribution in [2.24, 2.45) is 0 Å². The largest absolute Gasteiger partial charge is 0.466 e. The number of rotatable bonds is 9. The van der Waals surface area contributed by atoms with Crippen LogP contribution < -0.4 is 5.32 Å². The summed E-state index contributed by atoms with van der Waals surface area (Å²) in [5.41, 5.74) is 0. The van der Waals surface area contributed by atoms with E-state index < -0.39 is 0 Å². The standard InChI is InChI=1S/C16H32N2O2/c1-4-20-16(19)13-14(2)17-11-8-12-18(3)15-9-6-5-7-10-15/h14-15,17H,4-13H2,1-3H3. The lowest BCUT2D eigenvalue weighted by molar-refractivity contribution is -0.143. The Bertz CT molecular complexity index is 265. The minimum atomic E-state index is -0.105. The summed E-state index contributed by atoms with van der Waals surface area (Å²) in [4.78, 5) is 13.8. The van der Waals surface area contributed by atoms with Gasteiger partial charge in [0.05, 0.1) is 13.0 Å². The van der Waals surface area contributed by atoms with E-state index in [0.29, 0.717) is 13.0 Å². The van der Waals surface area contributed by atoms with Gasteiger partial charge in [0, 0.05) is 12.1 Å². The zero-order chi connectivity index (χ0) is 14.8. The van der Waals surface area contributed by atoms with Crippen molar-refractivity contribution in [3.05, 3.63) is 0 Å². The Kier molecular flexibility index (Phi) is 8.86. The quantitative estimate of drug-likeness (QED) is 0.522. The molecule has 1 atom stereocenters. The van der Waals surface area contributed by atoms with Gasteiger partial charge in [-0.1, -0.05) is 19.3 Å². The lowest BCUT2D eigenvalue weighted by atomic mass is 9.94.